The Hall–Kier alpha value is -0.980. The number of aliphatic carboxylic acids is 1. The molecule has 0 spiro atoms. The van der Waals surface area contributed by atoms with Gasteiger partial charge in [-0.3, -0.25) is 9.69 Å². The summed E-state index contributed by atoms with van der Waals surface area (Å²) in [6, 6.07) is 4.65. The average molecular weight is 332 g/mol. The van der Waals surface area contributed by atoms with Crippen LogP contribution in [-0.2, 0) is 16.1 Å². The zero-order valence-corrected chi connectivity index (χ0v) is 12.1. The van der Waals surface area contributed by atoms with Crippen LogP contribution in [0.4, 0.5) is 4.39 Å². The zero-order chi connectivity index (χ0) is 14.0. The van der Waals surface area contributed by atoms with Crippen LogP contribution in [0.2, 0.25) is 0 Å². The second-order valence-corrected chi connectivity index (χ2v) is 5.47. The van der Waals surface area contributed by atoms with Gasteiger partial charge in [0.2, 0.25) is 0 Å². The summed E-state index contributed by atoms with van der Waals surface area (Å²) < 4.78 is 19.1. The summed E-state index contributed by atoms with van der Waals surface area (Å²) in [5.41, 5.74) is 0.790. The lowest BCUT2D eigenvalue weighted by Gasteiger charge is -2.26. The van der Waals surface area contributed by atoms with Crippen molar-refractivity contribution in [1.29, 1.82) is 0 Å². The van der Waals surface area contributed by atoms with Crippen molar-refractivity contribution in [1.82, 2.24) is 4.90 Å². The molecule has 0 aromatic heterocycles. The SMILES string of the molecule is CN(Cc1cccc(F)c1Br)C1COCC1C(=O)O. The minimum atomic E-state index is -0.854. The molecule has 1 aromatic carbocycles. The van der Waals surface area contributed by atoms with Crippen molar-refractivity contribution in [2.24, 2.45) is 5.92 Å². The van der Waals surface area contributed by atoms with Gasteiger partial charge in [0.05, 0.1) is 23.6 Å². The van der Waals surface area contributed by atoms with Gasteiger partial charge in [-0.05, 0) is 34.6 Å². The highest BCUT2D eigenvalue weighted by molar-refractivity contribution is 9.10. The molecule has 1 aliphatic rings. The molecule has 0 bridgehead atoms. The number of benzene rings is 1. The van der Waals surface area contributed by atoms with E-state index in [1.165, 1.54) is 6.07 Å². The van der Waals surface area contributed by atoms with Crippen molar-refractivity contribution in [2.45, 2.75) is 12.6 Å². The number of nitrogens with zero attached hydrogens (tertiary/aromatic N) is 1. The van der Waals surface area contributed by atoms with Gasteiger partial charge in [0, 0.05) is 12.6 Å². The van der Waals surface area contributed by atoms with Crippen LogP contribution in [-0.4, -0.2) is 42.3 Å². The highest BCUT2D eigenvalue weighted by Gasteiger charge is 2.36. The Balaban J connectivity index is 2.10. The molecule has 1 N–H and O–H groups in total. The second-order valence-electron chi connectivity index (χ2n) is 4.68. The zero-order valence-electron chi connectivity index (χ0n) is 10.5. The fourth-order valence-corrected chi connectivity index (χ4v) is 2.66. The average Bonchev–Trinajstić information content (AvgIpc) is 2.84. The summed E-state index contributed by atoms with van der Waals surface area (Å²) >= 11 is 3.21. The van der Waals surface area contributed by atoms with E-state index in [-0.39, 0.29) is 18.5 Å². The molecule has 2 unspecified atom stereocenters. The van der Waals surface area contributed by atoms with Crippen molar-refractivity contribution in [3.63, 3.8) is 0 Å². The molecule has 1 aliphatic heterocycles. The highest BCUT2D eigenvalue weighted by Crippen LogP contribution is 2.25. The van der Waals surface area contributed by atoms with Gasteiger partial charge in [-0.25, -0.2) is 4.39 Å². The lowest BCUT2D eigenvalue weighted by molar-refractivity contribution is -0.143. The third kappa shape index (κ3) is 3.13. The van der Waals surface area contributed by atoms with E-state index in [1.807, 2.05) is 18.0 Å². The van der Waals surface area contributed by atoms with Crippen LogP contribution in [0.3, 0.4) is 0 Å². The van der Waals surface area contributed by atoms with Gasteiger partial charge < -0.3 is 9.84 Å². The molecule has 6 heteroatoms. The van der Waals surface area contributed by atoms with Crippen LogP contribution in [0.15, 0.2) is 22.7 Å². The van der Waals surface area contributed by atoms with Crippen LogP contribution in [0.25, 0.3) is 0 Å². The van der Waals surface area contributed by atoms with E-state index in [0.29, 0.717) is 17.6 Å². The summed E-state index contributed by atoms with van der Waals surface area (Å²) in [5, 5.41) is 9.12. The molecular weight excluding hydrogens is 317 g/mol. The third-order valence-electron chi connectivity index (χ3n) is 3.39. The van der Waals surface area contributed by atoms with E-state index in [4.69, 9.17) is 9.84 Å². The number of carboxylic acid groups (broad SMARTS) is 1. The number of likely N-dealkylation sites (N-methyl/N-ethyl adjacent to an activating group) is 1. The summed E-state index contributed by atoms with van der Waals surface area (Å²) in [6.07, 6.45) is 0. The Bertz CT molecular complexity index is 483. The molecule has 0 saturated carbocycles. The van der Waals surface area contributed by atoms with Gasteiger partial charge in [0.25, 0.3) is 0 Å². The first-order valence-corrected chi connectivity index (χ1v) is 6.73. The number of carboxylic acids is 1. The van der Waals surface area contributed by atoms with E-state index in [9.17, 15) is 9.18 Å². The Morgan fingerprint density at radius 2 is 2.32 bits per heavy atom. The number of hydrogen-bond acceptors (Lipinski definition) is 3. The Morgan fingerprint density at radius 1 is 1.58 bits per heavy atom. The molecule has 104 valence electrons. The van der Waals surface area contributed by atoms with E-state index in [1.54, 1.807) is 6.07 Å². The first kappa shape index (κ1) is 14.4. The number of hydrogen-bond donors (Lipinski definition) is 1. The second kappa shape index (κ2) is 5.98. The summed E-state index contributed by atoms with van der Waals surface area (Å²) in [4.78, 5) is 13.0. The molecule has 19 heavy (non-hydrogen) atoms. The lowest BCUT2D eigenvalue weighted by Crippen LogP contribution is -2.40. The lowest BCUT2D eigenvalue weighted by atomic mass is 10.0. The minimum Gasteiger partial charge on any atom is -0.481 e. The molecule has 0 radical (unpaired) electrons. The smallest absolute Gasteiger partial charge is 0.310 e. The van der Waals surface area contributed by atoms with Gasteiger partial charge in [0.1, 0.15) is 5.82 Å². The number of ether oxygens (including phenoxy) is 1. The molecule has 2 rings (SSSR count). The van der Waals surface area contributed by atoms with Crippen LogP contribution >= 0.6 is 15.9 Å². The van der Waals surface area contributed by atoms with Crippen molar-refractivity contribution in [2.75, 3.05) is 20.3 Å². The maximum atomic E-state index is 13.4. The summed E-state index contributed by atoms with van der Waals surface area (Å²) in [5.74, 6) is -1.70. The van der Waals surface area contributed by atoms with Crippen LogP contribution in [0, 0.1) is 11.7 Å². The highest BCUT2D eigenvalue weighted by atomic mass is 79.9. The van der Waals surface area contributed by atoms with Crippen molar-refractivity contribution in [3.8, 4) is 0 Å². The van der Waals surface area contributed by atoms with Crippen molar-refractivity contribution in [3.05, 3.63) is 34.1 Å². The molecule has 1 aromatic rings. The van der Waals surface area contributed by atoms with Crippen LogP contribution in [0.5, 0.6) is 0 Å². The molecular formula is C13H15BrFNO3. The quantitative estimate of drug-likeness (QED) is 0.918. The molecule has 0 amide bonds. The topological polar surface area (TPSA) is 49.8 Å². The number of rotatable bonds is 4. The first-order valence-electron chi connectivity index (χ1n) is 5.94. The van der Waals surface area contributed by atoms with E-state index in [2.05, 4.69) is 15.9 Å². The van der Waals surface area contributed by atoms with E-state index >= 15 is 0 Å². The Morgan fingerprint density at radius 3 is 3.00 bits per heavy atom. The molecule has 4 nitrogen and oxygen atoms in total. The monoisotopic (exact) mass is 331 g/mol. The predicted octanol–water partition coefficient (Wildman–Crippen LogP) is 2.12. The summed E-state index contributed by atoms with van der Waals surface area (Å²) in [7, 11) is 1.83. The maximum absolute atomic E-state index is 13.4. The standard InChI is InChI=1S/C13H15BrFNO3/c1-16(11-7-19-6-9(11)13(17)18)5-8-3-2-4-10(15)12(8)14/h2-4,9,11H,5-7H2,1H3,(H,17,18). The van der Waals surface area contributed by atoms with Gasteiger partial charge >= 0.3 is 5.97 Å². The fraction of sp³-hybridized carbons (Fsp3) is 0.462. The van der Waals surface area contributed by atoms with Crippen molar-refractivity contribution >= 4 is 21.9 Å². The predicted molar refractivity (Wildman–Crippen MR) is 71.3 cm³/mol. The number of carbonyl (C=O) groups is 1. The molecule has 1 heterocycles. The van der Waals surface area contributed by atoms with Gasteiger partial charge in [-0.2, -0.15) is 0 Å². The van der Waals surface area contributed by atoms with E-state index < -0.39 is 11.9 Å². The number of halogens is 2. The first-order chi connectivity index (χ1) is 9.00. The molecule has 1 fully saturated rings. The van der Waals surface area contributed by atoms with Crippen LogP contribution in [0.1, 0.15) is 5.56 Å². The fourth-order valence-electron chi connectivity index (χ4n) is 2.27. The Labute approximate surface area is 119 Å². The van der Waals surface area contributed by atoms with Gasteiger partial charge in [0.15, 0.2) is 0 Å². The minimum absolute atomic E-state index is 0.187. The molecule has 2 atom stereocenters. The van der Waals surface area contributed by atoms with Crippen molar-refractivity contribution < 1.29 is 19.0 Å². The largest absolute Gasteiger partial charge is 0.481 e. The van der Waals surface area contributed by atoms with Gasteiger partial charge in [-0.15, -0.1) is 0 Å². The summed E-state index contributed by atoms with van der Waals surface area (Å²) in [6.45, 7) is 1.09. The molecule has 0 aliphatic carbocycles. The molecule has 1 saturated heterocycles. The maximum Gasteiger partial charge on any atom is 0.310 e. The Kier molecular flexibility index (Phi) is 4.54. The van der Waals surface area contributed by atoms with E-state index in [0.717, 1.165) is 5.56 Å². The normalized spacial score (nSPS) is 22.9. The van der Waals surface area contributed by atoms with Crippen LogP contribution < -0.4 is 0 Å². The third-order valence-corrected chi connectivity index (χ3v) is 4.27. The van der Waals surface area contributed by atoms with Gasteiger partial charge in [-0.1, -0.05) is 12.1 Å².